The normalized spacial score (nSPS) is 12.1. The van der Waals surface area contributed by atoms with Gasteiger partial charge in [-0.15, -0.1) is 0 Å². The smallest absolute Gasteiger partial charge is 0.408 e. The number of hydrogen-bond acceptors (Lipinski definition) is 4. The minimum Gasteiger partial charge on any atom is -0.444 e. The number of ether oxygens (including phenoxy) is 1. The van der Waals surface area contributed by atoms with Gasteiger partial charge in [0.1, 0.15) is 11.6 Å². The van der Waals surface area contributed by atoms with Gasteiger partial charge in [-0.1, -0.05) is 30.3 Å². The molecule has 0 spiro atoms. The molecule has 0 saturated heterocycles. The Morgan fingerprint density at radius 2 is 1.78 bits per heavy atom. The molecule has 1 aromatic carbocycles. The average molecular weight is 321 g/mol. The van der Waals surface area contributed by atoms with Gasteiger partial charge in [-0.25, -0.2) is 4.79 Å². The highest BCUT2D eigenvalue weighted by Gasteiger charge is 2.24. The number of nitrogens with two attached hydrogens (primary N) is 1. The van der Waals surface area contributed by atoms with Crippen molar-refractivity contribution >= 4 is 17.9 Å². The van der Waals surface area contributed by atoms with Crippen LogP contribution < -0.4 is 16.4 Å². The summed E-state index contributed by atoms with van der Waals surface area (Å²) in [6, 6.07) is 8.33. The molecule has 0 heterocycles. The van der Waals surface area contributed by atoms with E-state index in [0.717, 1.165) is 5.56 Å². The Balaban J connectivity index is 2.77. The molecule has 7 heteroatoms. The monoisotopic (exact) mass is 321 g/mol. The Bertz CT molecular complexity index is 552. The Kier molecular flexibility index (Phi) is 6.56. The van der Waals surface area contributed by atoms with E-state index in [1.807, 2.05) is 30.3 Å². The Morgan fingerprint density at radius 1 is 1.17 bits per heavy atom. The van der Waals surface area contributed by atoms with Crippen LogP contribution in [0.15, 0.2) is 30.3 Å². The van der Waals surface area contributed by atoms with E-state index in [9.17, 15) is 14.4 Å². The number of amides is 3. The predicted molar refractivity (Wildman–Crippen MR) is 85.5 cm³/mol. The number of primary amides is 1. The van der Waals surface area contributed by atoms with Crippen LogP contribution in [0.2, 0.25) is 0 Å². The lowest BCUT2D eigenvalue weighted by Crippen LogP contribution is -2.50. The first-order valence-electron chi connectivity index (χ1n) is 7.27. The standard InChI is InChI=1S/C16H23N3O4/c1-16(2,3)23-15(22)19-12(14(21)18-10-13(17)20)9-11-7-5-4-6-8-11/h4-8,12H,9-10H2,1-3H3,(H2,17,20)(H,18,21)(H,19,22). The molecule has 0 saturated carbocycles. The Morgan fingerprint density at radius 3 is 2.30 bits per heavy atom. The lowest BCUT2D eigenvalue weighted by atomic mass is 10.1. The minimum absolute atomic E-state index is 0.269. The van der Waals surface area contributed by atoms with E-state index in [0.29, 0.717) is 0 Å². The summed E-state index contributed by atoms with van der Waals surface area (Å²) in [5.74, 6) is -1.16. The van der Waals surface area contributed by atoms with Gasteiger partial charge in [-0.3, -0.25) is 9.59 Å². The summed E-state index contributed by atoms with van der Waals surface area (Å²) >= 11 is 0. The molecule has 0 aliphatic carbocycles. The first-order chi connectivity index (χ1) is 10.7. The highest BCUT2D eigenvalue weighted by atomic mass is 16.6. The van der Waals surface area contributed by atoms with Gasteiger partial charge in [0.05, 0.1) is 6.54 Å². The van der Waals surface area contributed by atoms with E-state index in [1.54, 1.807) is 20.8 Å². The summed E-state index contributed by atoms with van der Waals surface area (Å²) in [6.45, 7) is 4.89. The average Bonchev–Trinajstić information content (AvgIpc) is 2.43. The van der Waals surface area contributed by atoms with Gasteiger partial charge in [0.15, 0.2) is 0 Å². The molecular formula is C16H23N3O4. The molecule has 0 aliphatic rings. The van der Waals surface area contributed by atoms with Gasteiger partial charge in [0, 0.05) is 6.42 Å². The number of carbonyl (C=O) groups excluding carboxylic acids is 3. The minimum atomic E-state index is -0.869. The first kappa shape index (κ1) is 18.5. The SMILES string of the molecule is CC(C)(C)OC(=O)NC(Cc1ccccc1)C(=O)NCC(N)=O. The van der Waals surface area contributed by atoms with Crippen LogP contribution in [0.4, 0.5) is 4.79 Å². The third-order valence-electron chi connectivity index (χ3n) is 2.73. The van der Waals surface area contributed by atoms with Gasteiger partial charge in [0.2, 0.25) is 11.8 Å². The first-order valence-corrected chi connectivity index (χ1v) is 7.27. The fraction of sp³-hybridized carbons (Fsp3) is 0.438. The quantitative estimate of drug-likeness (QED) is 0.717. The zero-order valence-corrected chi connectivity index (χ0v) is 13.6. The van der Waals surface area contributed by atoms with Crippen molar-refractivity contribution in [2.24, 2.45) is 5.73 Å². The molecule has 0 aliphatic heterocycles. The molecule has 4 N–H and O–H groups in total. The second kappa shape index (κ2) is 8.17. The van der Waals surface area contributed by atoms with Crippen molar-refractivity contribution in [1.29, 1.82) is 0 Å². The van der Waals surface area contributed by atoms with Crippen LogP contribution in [-0.4, -0.2) is 36.1 Å². The number of nitrogens with one attached hydrogen (secondary N) is 2. The van der Waals surface area contributed by atoms with Crippen LogP contribution in [0, 0.1) is 0 Å². The largest absolute Gasteiger partial charge is 0.444 e. The van der Waals surface area contributed by atoms with Crippen LogP contribution in [0.5, 0.6) is 0 Å². The number of alkyl carbamates (subject to hydrolysis) is 1. The van der Waals surface area contributed by atoms with Crippen LogP contribution in [-0.2, 0) is 20.7 Å². The maximum atomic E-state index is 12.2. The third kappa shape index (κ3) is 7.85. The maximum Gasteiger partial charge on any atom is 0.408 e. The van der Waals surface area contributed by atoms with Crippen LogP contribution in [0.1, 0.15) is 26.3 Å². The Labute approximate surface area is 135 Å². The summed E-state index contributed by atoms with van der Waals surface area (Å²) in [5, 5.41) is 4.91. The van der Waals surface area contributed by atoms with Crippen molar-refractivity contribution in [3.63, 3.8) is 0 Å². The second-order valence-corrected chi connectivity index (χ2v) is 6.07. The molecule has 23 heavy (non-hydrogen) atoms. The van der Waals surface area contributed by atoms with Crippen molar-refractivity contribution in [3.8, 4) is 0 Å². The fourth-order valence-electron chi connectivity index (χ4n) is 1.81. The second-order valence-electron chi connectivity index (χ2n) is 6.07. The summed E-state index contributed by atoms with van der Waals surface area (Å²) in [6.07, 6.45) is -0.433. The molecule has 1 atom stereocenters. The van der Waals surface area contributed by atoms with Gasteiger partial charge >= 0.3 is 6.09 Å². The van der Waals surface area contributed by atoms with Gasteiger partial charge in [0.25, 0.3) is 0 Å². The number of carbonyl (C=O) groups is 3. The molecule has 126 valence electrons. The highest BCUT2D eigenvalue weighted by molar-refractivity contribution is 5.89. The topological polar surface area (TPSA) is 111 Å². The molecular weight excluding hydrogens is 298 g/mol. The number of hydrogen-bond donors (Lipinski definition) is 3. The van der Waals surface area contributed by atoms with Crippen molar-refractivity contribution in [2.45, 2.75) is 38.8 Å². The van der Waals surface area contributed by atoms with Gasteiger partial charge in [-0.05, 0) is 26.3 Å². The molecule has 0 bridgehead atoms. The predicted octanol–water partition coefficient (Wildman–Crippen LogP) is 0.724. The van der Waals surface area contributed by atoms with E-state index in [-0.39, 0.29) is 13.0 Å². The summed E-state index contributed by atoms with van der Waals surface area (Å²) < 4.78 is 5.16. The zero-order valence-electron chi connectivity index (χ0n) is 13.6. The van der Waals surface area contributed by atoms with Gasteiger partial charge in [-0.2, -0.15) is 0 Å². The summed E-state index contributed by atoms with van der Waals surface area (Å²) in [7, 11) is 0. The molecule has 0 fully saturated rings. The number of rotatable bonds is 6. The third-order valence-corrected chi connectivity index (χ3v) is 2.73. The summed E-state index contributed by atoms with van der Waals surface area (Å²) in [4.78, 5) is 34.9. The van der Waals surface area contributed by atoms with Crippen LogP contribution >= 0.6 is 0 Å². The molecule has 1 unspecified atom stereocenters. The number of benzene rings is 1. The molecule has 1 rings (SSSR count). The lowest BCUT2D eigenvalue weighted by molar-refractivity contribution is -0.126. The zero-order chi connectivity index (χ0) is 17.5. The van der Waals surface area contributed by atoms with E-state index in [2.05, 4.69) is 10.6 Å². The van der Waals surface area contributed by atoms with E-state index < -0.39 is 29.6 Å². The molecule has 1 aromatic rings. The molecule has 0 radical (unpaired) electrons. The van der Waals surface area contributed by atoms with Crippen molar-refractivity contribution in [2.75, 3.05) is 6.54 Å². The van der Waals surface area contributed by atoms with Crippen LogP contribution in [0.25, 0.3) is 0 Å². The fourth-order valence-corrected chi connectivity index (χ4v) is 1.81. The Hall–Kier alpha value is -2.57. The molecule has 3 amide bonds. The maximum absolute atomic E-state index is 12.2. The van der Waals surface area contributed by atoms with Crippen LogP contribution in [0.3, 0.4) is 0 Å². The van der Waals surface area contributed by atoms with Gasteiger partial charge < -0.3 is 21.1 Å². The lowest BCUT2D eigenvalue weighted by Gasteiger charge is -2.23. The van der Waals surface area contributed by atoms with E-state index >= 15 is 0 Å². The molecule has 0 aromatic heterocycles. The molecule has 7 nitrogen and oxygen atoms in total. The summed E-state index contributed by atoms with van der Waals surface area (Å²) in [5.41, 5.74) is 5.20. The van der Waals surface area contributed by atoms with Crippen molar-refractivity contribution < 1.29 is 19.1 Å². The highest BCUT2D eigenvalue weighted by Crippen LogP contribution is 2.08. The van der Waals surface area contributed by atoms with E-state index in [4.69, 9.17) is 10.5 Å². The van der Waals surface area contributed by atoms with Crippen molar-refractivity contribution in [1.82, 2.24) is 10.6 Å². The van der Waals surface area contributed by atoms with E-state index in [1.165, 1.54) is 0 Å². The van der Waals surface area contributed by atoms with Crippen molar-refractivity contribution in [3.05, 3.63) is 35.9 Å².